The summed E-state index contributed by atoms with van der Waals surface area (Å²) in [6.07, 6.45) is 2.47. The number of hydrogen-bond donors (Lipinski definition) is 1. The van der Waals surface area contributed by atoms with Crippen molar-refractivity contribution in [3.05, 3.63) is 34.1 Å². The zero-order chi connectivity index (χ0) is 13.6. The molecule has 3 nitrogen and oxygen atoms in total. The molecule has 1 fully saturated rings. The van der Waals surface area contributed by atoms with Gasteiger partial charge in [0.05, 0.1) is 12.1 Å². The normalized spacial score (nSPS) is 26.7. The van der Waals surface area contributed by atoms with Crippen LogP contribution in [0.3, 0.4) is 0 Å². The zero-order valence-electron chi connectivity index (χ0n) is 10.9. The van der Waals surface area contributed by atoms with Crippen molar-refractivity contribution in [1.29, 1.82) is 0 Å². The van der Waals surface area contributed by atoms with Crippen molar-refractivity contribution in [2.24, 2.45) is 16.6 Å². The molecule has 1 unspecified atom stereocenters. The molecule has 1 aliphatic carbocycles. The van der Waals surface area contributed by atoms with E-state index in [4.69, 9.17) is 5.73 Å². The van der Waals surface area contributed by atoms with Gasteiger partial charge in [-0.1, -0.05) is 15.9 Å². The van der Waals surface area contributed by atoms with Gasteiger partial charge >= 0.3 is 0 Å². The average molecular weight is 326 g/mol. The minimum Gasteiger partial charge on any atom is -0.370 e. The van der Waals surface area contributed by atoms with Gasteiger partial charge in [-0.3, -0.25) is 4.99 Å². The Bertz CT molecular complexity index is 541. The fourth-order valence-electron chi connectivity index (χ4n) is 2.65. The first-order chi connectivity index (χ1) is 9.00. The smallest absolute Gasteiger partial charge is 0.192 e. The number of guanidine groups is 1. The molecule has 0 aromatic heterocycles. The fourth-order valence-corrected chi connectivity index (χ4v) is 3.01. The summed E-state index contributed by atoms with van der Waals surface area (Å²) in [7, 11) is 0. The zero-order valence-corrected chi connectivity index (χ0v) is 12.5. The predicted octanol–water partition coefficient (Wildman–Crippen LogP) is 2.84. The van der Waals surface area contributed by atoms with Gasteiger partial charge in [0, 0.05) is 16.6 Å². The Kier molecular flexibility index (Phi) is 3.04. The molecular weight excluding hydrogens is 309 g/mol. The minimum absolute atomic E-state index is 0.198. The van der Waals surface area contributed by atoms with Crippen LogP contribution in [0.5, 0.6) is 0 Å². The first-order valence-corrected chi connectivity index (χ1v) is 7.33. The molecule has 2 N–H and O–H groups in total. The van der Waals surface area contributed by atoms with E-state index in [2.05, 4.69) is 25.8 Å². The summed E-state index contributed by atoms with van der Waals surface area (Å²) >= 11 is 3.41. The number of rotatable bonds is 3. The predicted molar refractivity (Wildman–Crippen MR) is 77.4 cm³/mol. The van der Waals surface area contributed by atoms with Gasteiger partial charge in [0.2, 0.25) is 0 Å². The van der Waals surface area contributed by atoms with Crippen molar-refractivity contribution < 1.29 is 4.39 Å². The molecule has 19 heavy (non-hydrogen) atoms. The highest BCUT2D eigenvalue weighted by molar-refractivity contribution is 9.10. The summed E-state index contributed by atoms with van der Waals surface area (Å²) in [4.78, 5) is 6.40. The third-order valence-corrected chi connectivity index (χ3v) is 4.56. The topological polar surface area (TPSA) is 41.6 Å². The first-order valence-electron chi connectivity index (χ1n) is 6.54. The number of halogens is 2. The number of benzene rings is 1. The van der Waals surface area contributed by atoms with Crippen molar-refractivity contribution in [2.45, 2.75) is 25.3 Å². The molecule has 0 amide bonds. The summed E-state index contributed by atoms with van der Waals surface area (Å²) in [5, 5.41) is 0. The summed E-state index contributed by atoms with van der Waals surface area (Å²) in [5.74, 6) is 1.02. The first kappa shape index (κ1) is 12.9. The van der Waals surface area contributed by atoms with Crippen LogP contribution in [0.2, 0.25) is 0 Å². The molecule has 1 atom stereocenters. The highest BCUT2D eigenvalue weighted by atomic mass is 79.9. The van der Waals surface area contributed by atoms with Gasteiger partial charge in [-0.2, -0.15) is 0 Å². The second-order valence-electron chi connectivity index (χ2n) is 5.63. The van der Waals surface area contributed by atoms with Gasteiger partial charge in [0.25, 0.3) is 0 Å². The average Bonchev–Trinajstić information content (AvgIpc) is 3.15. The Hall–Kier alpha value is -1.10. The van der Waals surface area contributed by atoms with Gasteiger partial charge in [-0.25, -0.2) is 4.39 Å². The maximum atomic E-state index is 14.2. The van der Waals surface area contributed by atoms with Gasteiger partial charge < -0.3 is 10.6 Å². The maximum Gasteiger partial charge on any atom is 0.192 e. The van der Waals surface area contributed by atoms with Crippen LogP contribution in [-0.4, -0.2) is 23.9 Å². The molecule has 1 heterocycles. The molecule has 0 radical (unpaired) electrons. The van der Waals surface area contributed by atoms with Crippen molar-refractivity contribution in [1.82, 2.24) is 4.90 Å². The maximum absolute atomic E-state index is 14.2. The largest absolute Gasteiger partial charge is 0.370 e. The third kappa shape index (κ3) is 2.24. The van der Waals surface area contributed by atoms with E-state index in [1.807, 2.05) is 13.0 Å². The van der Waals surface area contributed by atoms with Crippen LogP contribution < -0.4 is 5.73 Å². The summed E-state index contributed by atoms with van der Waals surface area (Å²) in [5.41, 5.74) is 6.19. The van der Waals surface area contributed by atoms with E-state index in [1.54, 1.807) is 6.07 Å². The van der Waals surface area contributed by atoms with E-state index in [9.17, 15) is 4.39 Å². The Labute approximate surface area is 120 Å². The Balaban J connectivity index is 1.98. The van der Waals surface area contributed by atoms with E-state index in [1.165, 1.54) is 18.9 Å². The molecule has 1 saturated carbocycles. The van der Waals surface area contributed by atoms with Crippen molar-refractivity contribution in [2.75, 3.05) is 13.1 Å². The van der Waals surface area contributed by atoms with Crippen molar-refractivity contribution in [3.8, 4) is 0 Å². The summed E-state index contributed by atoms with van der Waals surface area (Å²) in [6.45, 7) is 3.40. The lowest BCUT2D eigenvalue weighted by molar-refractivity contribution is 0.210. The lowest BCUT2D eigenvalue weighted by atomic mass is 9.90. The second-order valence-corrected chi connectivity index (χ2v) is 6.54. The second kappa shape index (κ2) is 4.47. The highest BCUT2D eigenvalue weighted by Crippen LogP contribution is 2.39. The summed E-state index contributed by atoms with van der Waals surface area (Å²) < 4.78 is 15.1. The van der Waals surface area contributed by atoms with Crippen LogP contribution >= 0.6 is 15.9 Å². The number of nitrogens with zero attached hydrogens (tertiary/aromatic N) is 2. The van der Waals surface area contributed by atoms with Crippen molar-refractivity contribution in [3.63, 3.8) is 0 Å². The monoisotopic (exact) mass is 325 g/mol. The molecule has 1 aliphatic heterocycles. The van der Waals surface area contributed by atoms with Gasteiger partial charge in [-0.15, -0.1) is 0 Å². The molecule has 1 aromatic carbocycles. The van der Waals surface area contributed by atoms with E-state index in [0.717, 1.165) is 11.0 Å². The Morgan fingerprint density at radius 3 is 2.95 bits per heavy atom. The molecule has 3 rings (SSSR count). The molecule has 0 bridgehead atoms. The summed E-state index contributed by atoms with van der Waals surface area (Å²) in [6, 6.07) is 5.05. The van der Waals surface area contributed by atoms with E-state index >= 15 is 0 Å². The van der Waals surface area contributed by atoms with Crippen LogP contribution in [-0.2, 0) is 5.54 Å². The van der Waals surface area contributed by atoms with Gasteiger partial charge in [0.1, 0.15) is 5.82 Å². The molecule has 5 heteroatoms. The quantitative estimate of drug-likeness (QED) is 0.928. The molecule has 102 valence electrons. The minimum atomic E-state index is -0.472. The number of aliphatic imine (C=N–C) groups is 1. The van der Waals surface area contributed by atoms with Crippen LogP contribution in [0.4, 0.5) is 4.39 Å². The van der Waals surface area contributed by atoms with Crippen LogP contribution in [0.15, 0.2) is 27.7 Å². The van der Waals surface area contributed by atoms with Gasteiger partial charge in [0.15, 0.2) is 5.96 Å². The third-order valence-electron chi connectivity index (χ3n) is 4.07. The molecule has 2 aliphatic rings. The lowest BCUT2D eigenvalue weighted by Gasteiger charge is -2.37. The van der Waals surface area contributed by atoms with Crippen LogP contribution in [0, 0.1) is 11.7 Å². The van der Waals surface area contributed by atoms with E-state index in [0.29, 0.717) is 24.0 Å². The van der Waals surface area contributed by atoms with Gasteiger partial charge in [-0.05, 0) is 43.9 Å². The fraction of sp³-hybridized carbons (Fsp3) is 0.500. The number of hydrogen-bond acceptors (Lipinski definition) is 3. The number of nitrogens with two attached hydrogens (primary N) is 1. The van der Waals surface area contributed by atoms with Crippen LogP contribution in [0.25, 0.3) is 0 Å². The molecule has 0 spiro atoms. The van der Waals surface area contributed by atoms with Crippen molar-refractivity contribution >= 4 is 21.9 Å². The van der Waals surface area contributed by atoms with Crippen LogP contribution in [0.1, 0.15) is 25.3 Å². The van der Waals surface area contributed by atoms with E-state index in [-0.39, 0.29) is 5.82 Å². The molecule has 0 saturated heterocycles. The molecular formula is C14H17BrFN3. The lowest BCUT2D eigenvalue weighted by Crippen LogP contribution is -2.48. The van der Waals surface area contributed by atoms with E-state index < -0.39 is 5.54 Å². The standard InChI is InChI=1S/C14H17BrFN3/c1-14(11-6-10(15)4-5-12(11)16)8-18-13(17)19(14)7-9-2-3-9/h4-6,9H,2-3,7-8H2,1H3,(H2,17,18). The SMILES string of the molecule is CC1(c2cc(Br)ccc2F)CN=C(N)N1CC1CC1. The Morgan fingerprint density at radius 1 is 1.53 bits per heavy atom. The highest BCUT2D eigenvalue weighted by Gasteiger charge is 2.43. The Morgan fingerprint density at radius 2 is 2.26 bits per heavy atom. The molecule has 1 aromatic rings.